The molecule has 0 aliphatic carbocycles. The molecule has 0 unspecified atom stereocenters. The third kappa shape index (κ3) is 5.81. The molecule has 1 N–H and O–H groups in total. The van der Waals surface area contributed by atoms with Gasteiger partial charge in [-0.05, 0) is 67.8 Å². The van der Waals surface area contributed by atoms with E-state index in [2.05, 4.69) is 16.9 Å². The molecule has 0 fully saturated rings. The highest BCUT2D eigenvalue weighted by Gasteiger charge is 2.11. The second-order valence-corrected chi connectivity index (χ2v) is 8.95. The van der Waals surface area contributed by atoms with E-state index in [0.717, 1.165) is 44.5 Å². The average Bonchev–Trinajstić information content (AvgIpc) is 3.19. The Balaban J connectivity index is 1.36. The summed E-state index contributed by atoms with van der Waals surface area (Å²) in [6.45, 7) is 4.58. The van der Waals surface area contributed by atoms with Gasteiger partial charge in [0.25, 0.3) is 0 Å². The number of thiazole rings is 1. The van der Waals surface area contributed by atoms with Gasteiger partial charge in [0.05, 0.1) is 23.7 Å². The van der Waals surface area contributed by atoms with Crippen molar-refractivity contribution >= 4 is 17.3 Å². The minimum atomic E-state index is -0.785. The van der Waals surface area contributed by atoms with Crippen LogP contribution in [0.4, 0.5) is 0 Å². The smallest absolute Gasteiger partial charge is 0.303 e. The molecule has 7 heteroatoms. The lowest BCUT2D eigenvalue weighted by molar-refractivity contribution is -0.136. The number of aromatic nitrogens is 3. The van der Waals surface area contributed by atoms with Gasteiger partial charge in [-0.3, -0.25) is 14.8 Å². The van der Waals surface area contributed by atoms with E-state index >= 15 is 0 Å². The summed E-state index contributed by atoms with van der Waals surface area (Å²) in [6, 6.07) is 15.6. The molecular weight excluding hydrogens is 434 g/mol. The standard InChI is InChI=1S/C26H25N3O3S/c1-17-15-21(9-6-19(17)8-11-25(30)31)32-14-12-22-18(2)33-26(29-22)20-7-10-24(28-16-20)23-5-3-4-13-27-23/h3-7,9-10,13,15-16H,8,11-12,14H2,1-2H3,(H,30,31). The highest BCUT2D eigenvalue weighted by Crippen LogP contribution is 2.29. The van der Waals surface area contributed by atoms with Crippen molar-refractivity contribution in [2.45, 2.75) is 33.1 Å². The number of nitrogens with zero attached hydrogens (tertiary/aromatic N) is 3. The molecule has 0 atom stereocenters. The number of ether oxygens (including phenoxy) is 1. The average molecular weight is 460 g/mol. The van der Waals surface area contributed by atoms with Crippen molar-refractivity contribution in [1.82, 2.24) is 15.0 Å². The van der Waals surface area contributed by atoms with Crippen LogP contribution < -0.4 is 4.74 Å². The minimum absolute atomic E-state index is 0.133. The van der Waals surface area contributed by atoms with Crippen LogP contribution in [0.1, 0.15) is 28.1 Å². The molecule has 3 heterocycles. The molecule has 0 radical (unpaired) electrons. The second-order valence-electron chi connectivity index (χ2n) is 7.75. The lowest BCUT2D eigenvalue weighted by atomic mass is 10.0. The van der Waals surface area contributed by atoms with Crippen LogP contribution in [0.2, 0.25) is 0 Å². The van der Waals surface area contributed by atoms with Crippen LogP contribution in [0, 0.1) is 13.8 Å². The van der Waals surface area contributed by atoms with E-state index in [0.29, 0.717) is 19.4 Å². The van der Waals surface area contributed by atoms with Crippen LogP contribution in [0.5, 0.6) is 5.75 Å². The monoisotopic (exact) mass is 459 g/mol. The first-order chi connectivity index (χ1) is 16.0. The molecular formula is C26H25N3O3S. The van der Waals surface area contributed by atoms with Gasteiger partial charge in [0.2, 0.25) is 0 Å². The van der Waals surface area contributed by atoms with Gasteiger partial charge < -0.3 is 9.84 Å². The van der Waals surface area contributed by atoms with Crippen molar-refractivity contribution in [2.75, 3.05) is 6.61 Å². The maximum atomic E-state index is 10.8. The summed E-state index contributed by atoms with van der Waals surface area (Å²) in [7, 11) is 0. The first kappa shape index (κ1) is 22.6. The molecule has 1 aromatic carbocycles. The third-order valence-electron chi connectivity index (χ3n) is 5.36. The quantitative estimate of drug-likeness (QED) is 0.355. The number of hydrogen-bond acceptors (Lipinski definition) is 6. The van der Waals surface area contributed by atoms with Crippen molar-refractivity contribution in [3.63, 3.8) is 0 Å². The van der Waals surface area contributed by atoms with Crippen molar-refractivity contribution in [3.05, 3.63) is 82.6 Å². The molecule has 3 aromatic heterocycles. The number of aliphatic carboxylic acids is 1. The predicted octanol–water partition coefficient (Wildman–Crippen LogP) is 5.52. The fourth-order valence-electron chi connectivity index (χ4n) is 3.52. The van der Waals surface area contributed by atoms with E-state index in [4.69, 9.17) is 14.8 Å². The van der Waals surface area contributed by atoms with Crippen LogP contribution in [0.15, 0.2) is 60.9 Å². The maximum absolute atomic E-state index is 10.8. The van der Waals surface area contributed by atoms with Crippen molar-refractivity contribution < 1.29 is 14.6 Å². The van der Waals surface area contributed by atoms with E-state index in [-0.39, 0.29) is 6.42 Å². The predicted molar refractivity (Wildman–Crippen MR) is 130 cm³/mol. The maximum Gasteiger partial charge on any atom is 0.303 e. The number of carboxylic acid groups (broad SMARTS) is 1. The van der Waals surface area contributed by atoms with Gasteiger partial charge in [-0.25, -0.2) is 4.98 Å². The molecule has 0 spiro atoms. The van der Waals surface area contributed by atoms with Crippen LogP contribution in [-0.4, -0.2) is 32.6 Å². The molecule has 168 valence electrons. The number of benzene rings is 1. The zero-order chi connectivity index (χ0) is 23.2. The Morgan fingerprint density at radius 3 is 2.58 bits per heavy atom. The zero-order valence-electron chi connectivity index (χ0n) is 18.6. The fourth-order valence-corrected chi connectivity index (χ4v) is 4.47. The highest BCUT2D eigenvalue weighted by atomic mass is 32.1. The van der Waals surface area contributed by atoms with Gasteiger partial charge in [-0.15, -0.1) is 11.3 Å². The van der Waals surface area contributed by atoms with E-state index in [9.17, 15) is 4.79 Å². The first-order valence-electron chi connectivity index (χ1n) is 10.8. The molecule has 0 saturated heterocycles. The fraction of sp³-hybridized carbons (Fsp3) is 0.231. The summed E-state index contributed by atoms with van der Waals surface area (Å²) in [4.78, 5) is 25.7. The van der Waals surface area contributed by atoms with Crippen LogP contribution in [0.3, 0.4) is 0 Å². The van der Waals surface area contributed by atoms with Gasteiger partial charge >= 0.3 is 5.97 Å². The molecule has 4 rings (SSSR count). The van der Waals surface area contributed by atoms with Crippen LogP contribution in [-0.2, 0) is 17.6 Å². The summed E-state index contributed by atoms with van der Waals surface area (Å²) >= 11 is 1.66. The summed E-state index contributed by atoms with van der Waals surface area (Å²) in [6.07, 6.45) is 4.98. The Hall–Kier alpha value is -3.58. The molecule has 33 heavy (non-hydrogen) atoms. The number of carboxylic acids is 1. The summed E-state index contributed by atoms with van der Waals surface area (Å²) in [5.41, 5.74) is 5.78. The Morgan fingerprint density at radius 1 is 1.03 bits per heavy atom. The van der Waals surface area contributed by atoms with Crippen LogP contribution in [0.25, 0.3) is 22.0 Å². The van der Waals surface area contributed by atoms with E-state index in [1.54, 1.807) is 17.5 Å². The molecule has 0 aliphatic heterocycles. The van der Waals surface area contributed by atoms with Crippen molar-refractivity contribution in [1.29, 1.82) is 0 Å². The van der Waals surface area contributed by atoms with E-state index in [1.165, 1.54) is 4.88 Å². The van der Waals surface area contributed by atoms with Gasteiger partial charge in [0.15, 0.2) is 0 Å². The largest absolute Gasteiger partial charge is 0.493 e. The molecule has 4 aromatic rings. The topological polar surface area (TPSA) is 85.2 Å². The van der Waals surface area contributed by atoms with Gasteiger partial charge in [-0.1, -0.05) is 12.1 Å². The second kappa shape index (κ2) is 10.4. The van der Waals surface area contributed by atoms with E-state index < -0.39 is 5.97 Å². The minimum Gasteiger partial charge on any atom is -0.493 e. The summed E-state index contributed by atoms with van der Waals surface area (Å²) in [5.74, 6) is 0.00153. The Morgan fingerprint density at radius 2 is 1.88 bits per heavy atom. The van der Waals surface area contributed by atoms with Crippen molar-refractivity contribution in [2.24, 2.45) is 0 Å². The lowest BCUT2D eigenvalue weighted by Crippen LogP contribution is -2.04. The molecule has 0 aliphatic rings. The molecule has 0 amide bonds. The van der Waals surface area contributed by atoms with Gasteiger partial charge in [0, 0.05) is 35.7 Å². The zero-order valence-corrected chi connectivity index (χ0v) is 19.4. The van der Waals surface area contributed by atoms with Crippen molar-refractivity contribution in [3.8, 4) is 27.7 Å². The summed E-state index contributed by atoms with van der Waals surface area (Å²) < 4.78 is 5.94. The Kier molecular flexibility index (Phi) is 7.10. The van der Waals surface area contributed by atoms with Gasteiger partial charge in [-0.2, -0.15) is 0 Å². The summed E-state index contributed by atoms with van der Waals surface area (Å²) in [5, 5.41) is 9.81. The molecule has 0 saturated carbocycles. The van der Waals surface area contributed by atoms with Crippen LogP contribution >= 0.6 is 11.3 Å². The number of hydrogen-bond donors (Lipinski definition) is 1. The lowest BCUT2D eigenvalue weighted by Gasteiger charge is -2.09. The third-order valence-corrected chi connectivity index (χ3v) is 6.42. The van der Waals surface area contributed by atoms with Gasteiger partial charge in [0.1, 0.15) is 10.8 Å². The molecule has 6 nitrogen and oxygen atoms in total. The number of aryl methyl sites for hydroxylation is 3. The number of carbonyl (C=O) groups is 1. The number of pyridine rings is 2. The number of rotatable bonds is 9. The Bertz CT molecular complexity index is 1240. The first-order valence-corrected chi connectivity index (χ1v) is 11.6. The molecule has 0 bridgehead atoms. The normalized spacial score (nSPS) is 10.8. The Labute approximate surface area is 197 Å². The SMILES string of the molecule is Cc1cc(OCCc2nc(-c3ccc(-c4ccccn4)nc3)sc2C)ccc1CCC(=O)O. The highest BCUT2D eigenvalue weighted by molar-refractivity contribution is 7.15. The van der Waals surface area contributed by atoms with E-state index in [1.807, 2.05) is 61.7 Å².